The van der Waals surface area contributed by atoms with Gasteiger partial charge >= 0.3 is 18.4 Å². The highest BCUT2D eigenvalue weighted by molar-refractivity contribution is 5.75. The molecule has 2 bridgehead atoms. The fourth-order valence-electron chi connectivity index (χ4n) is 7.22. The number of benzene rings is 1. The van der Waals surface area contributed by atoms with Crippen LogP contribution in [0.2, 0.25) is 0 Å². The Morgan fingerprint density at radius 1 is 1.09 bits per heavy atom. The first-order valence-electron chi connectivity index (χ1n) is 15.0. The Bertz CT molecular complexity index is 1680. The molecular formula is C31H29F6N3O6. The number of carboxylic acid groups (broad SMARTS) is 1. The maximum atomic E-state index is 14.9. The van der Waals surface area contributed by atoms with E-state index < -0.39 is 59.1 Å². The van der Waals surface area contributed by atoms with E-state index in [9.17, 15) is 36.2 Å². The summed E-state index contributed by atoms with van der Waals surface area (Å²) in [6, 6.07) is 5.13. The van der Waals surface area contributed by atoms with Crippen LogP contribution in [-0.4, -0.2) is 37.7 Å². The van der Waals surface area contributed by atoms with E-state index in [4.69, 9.17) is 9.47 Å². The highest BCUT2D eigenvalue weighted by Crippen LogP contribution is 2.56. The normalized spacial score (nSPS) is 26.9. The lowest BCUT2D eigenvalue weighted by Gasteiger charge is -2.52. The van der Waals surface area contributed by atoms with Crippen LogP contribution in [0.3, 0.4) is 0 Å². The van der Waals surface area contributed by atoms with Crippen molar-refractivity contribution in [3.63, 3.8) is 0 Å². The number of aromatic nitrogens is 3. The zero-order chi connectivity index (χ0) is 32.6. The standard InChI is InChI=1S/C31H29F6N3O6/c1-16(17-5-6-20-22(13-17)46-31(36,37)45-20)43-23-14-18(15-38-26(23)32)40-24-19(25(39-40)30(33,34)35)3-2-4-21(24)44-29-10-7-28(8-11-29,9-12-29)27(41)42/h5-6,13-16,21H,2-4,7-12H2,1H3,(H,41,42)/t16-,21?,28?,29?/m0/s1. The average Bonchev–Trinajstić information content (AvgIpc) is 3.56. The van der Waals surface area contributed by atoms with Crippen molar-refractivity contribution in [1.29, 1.82) is 0 Å². The molecule has 3 fully saturated rings. The third kappa shape index (κ3) is 5.21. The number of pyridine rings is 1. The smallest absolute Gasteiger partial charge is 0.481 e. The van der Waals surface area contributed by atoms with Crippen molar-refractivity contribution in [2.24, 2.45) is 5.41 Å². The Labute approximate surface area is 258 Å². The second-order valence-corrected chi connectivity index (χ2v) is 12.5. The van der Waals surface area contributed by atoms with Crippen LogP contribution in [0.1, 0.15) is 93.0 Å². The van der Waals surface area contributed by atoms with E-state index in [0.29, 0.717) is 56.9 Å². The quantitative estimate of drug-likeness (QED) is 0.207. The molecule has 3 heterocycles. The summed E-state index contributed by atoms with van der Waals surface area (Å²) in [6.07, 6.45) is -5.55. The van der Waals surface area contributed by atoms with Gasteiger partial charge in [0.05, 0.1) is 28.6 Å². The Morgan fingerprint density at radius 3 is 2.46 bits per heavy atom. The lowest BCUT2D eigenvalue weighted by atomic mass is 9.58. The second-order valence-electron chi connectivity index (χ2n) is 12.5. The van der Waals surface area contributed by atoms with E-state index in [1.165, 1.54) is 31.2 Å². The molecule has 9 nitrogen and oxygen atoms in total. The summed E-state index contributed by atoms with van der Waals surface area (Å²) in [5.74, 6) is -2.69. The molecule has 15 heteroatoms. The first kappa shape index (κ1) is 30.6. The first-order valence-corrected chi connectivity index (χ1v) is 15.0. The van der Waals surface area contributed by atoms with Gasteiger partial charge in [-0.25, -0.2) is 9.67 Å². The third-order valence-corrected chi connectivity index (χ3v) is 9.75. The molecule has 246 valence electrons. The molecule has 2 atom stereocenters. The van der Waals surface area contributed by atoms with Gasteiger partial charge in [-0.3, -0.25) is 4.79 Å². The van der Waals surface area contributed by atoms with Crippen LogP contribution in [0.5, 0.6) is 17.2 Å². The predicted molar refractivity (Wildman–Crippen MR) is 145 cm³/mol. The molecule has 1 N–H and O–H groups in total. The molecule has 1 aliphatic heterocycles. The van der Waals surface area contributed by atoms with Gasteiger partial charge in [0.1, 0.15) is 12.2 Å². The number of nitrogens with zero attached hydrogens (tertiary/aromatic N) is 3. The number of halogens is 6. The number of carboxylic acids is 1. The van der Waals surface area contributed by atoms with Gasteiger partial charge in [-0.15, -0.1) is 8.78 Å². The minimum atomic E-state index is -4.77. The number of aliphatic carboxylic acids is 1. The lowest BCUT2D eigenvalue weighted by Crippen LogP contribution is -2.51. The van der Waals surface area contributed by atoms with Gasteiger partial charge in [0.2, 0.25) is 0 Å². The van der Waals surface area contributed by atoms with Crippen molar-refractivity contribution in [2.45, 2.75) is 95.0 Å². The van der Waals surface area contributed by atoms with Crippen LogP contribution in [0, 0.1) is 11.4 Å². The molecule has 8 rings (SSSR count). The van der Waals surface area contributed by atoms with Crippen molar-refractivity contribution < 1.29 is 55.2 Å². The summed E-state index contributed by atoms with van der Waals surface area (Å²) in [4.78, 5) is 15.6. The van der Waals surface area contributed by atoms with Gasteiger partial charge in [0.15, 0.2) is 22.9 Å². The molecule has 4 aliphatic carbocycles. The van der Waals surface area contributed by atoms with Crippen LogP contribution < -0.4 is 14.2 Å². The van der Waals surface area contributed by atoms with Crippen LogP contribution in [0.25, 0.3) is 5.69 Å². The Hall–Kier alpha value is -4.01. The molecular weight excluding hydrogens is 624 g/mol. The van der Waals surface area contributed by atoms with Gasteiger partial charge < -0.3 is 24.1 Å². The van der Waals surface area contributed by atoms with Gasteiger partial charge in [-0.1, -0.05) is 6.07 Å². The van der Waals surface area contributed by atoms with Crippen molar-refractivity contribution in [2.75, 3.05) is 0 Å². The number of alkyl halides is 5. The highest BCUT2D eigenvalue weighted by atomic mass is 19.4. The highest BCUT2D eigenvalue weighted by Gasteiger charge is 2.55. The molecule has 0 radical (unpaired) electrons. The average molecular weight is 654 g/mol. The molecule has 0 amide bonds. The Morgan fingerprint density at radius 2 is 1.78 bits per heavy atom. The molecule has 1 unspecified atom stereocenters. The van der Waals surface area contributed by atoms with E-state index in [2.05, 4.69) is 19.6 Å². The molecule has 3 aromatic rings. The van der Waals surface area contributed by atoms with Crippen molar-refractivity contribution in [3.05, 3.63) is 58.9 Å². The maximum Gasteiger partial charge on any atom is 0.586 e. The summed E-state index contributed by atoms with van der Waals surface area (Å²) < 4.78 is 107. The number of carbonyl (C=O) groups is 1. The van der Waals surface area contributed by atoms with E-state index in [-0.39, 0.29) is 34.9 Å². The maximum absolute atomic E-state index is 14.9. The van der Waals surface area contributed by atoms with E-state index in [1.807, 2.05) is 0 Å². The van der Waals surface area contributed by atoms with Gasteiger partial charge in [-0.05, 0) is 82.4 Å². The zero-order valence-corrected chi connectivity index (χ0v) is 24.5. The molecule has 46 heavy (non-hydrogen) atoms. The number of fused-ring (bicyclic) bond motifs is 5. The number of ether oxygens (including phenoxy) is 4. The summed E-state index contributed by atoms with van der Waals surface area (Å²) >= 11 is 0. The minimum Gasteiger partial charge on any atom is -0.481 e. The molecule has 1 aromatic carbocycles. The van der Waals surface area contributed by atoms with Crippen molar-refractivity contribution in [1.82, 2.24) is 14.8 Å². The van der Waals surface area contributed by atoms with Gasteiger partial charge in [0.25, 0.3) is 5.95 Å². The topological polar surface area (TPSA) is 105 Å². The Balaban J connectivity index is 1.20. The van der Waals surface area contributed by atoms with E-state index >= 15 is 0 Å². The number of hydrogen-bond donors (Lipinski definition) is 1. The monoisotopic (exact) mass is 653 g/mol. The first-order chi connectivity index (χ1) is 21.7. The van der Waals surface area contributed by atoms with Gasteiger partial charge in [0, 0.05) is 11.6 Å². The zero-order valence-electron chi connectivity index (χ0n) is 24.5. The summed E-state index contributed by atoms with van der Waals surface area (Å²) in [6.45, 7) is 1.52. The van der Waals surface area contributed by atoms with Crippen LogP contribution >= 0.6 is 0 Å². The molecule has 5 aliphatic rings. The SMILES string of the molecule is C[C@H](Oc1cc(-n2nc(C(F)(F)F)c3c2C(OC24CCC(C(=O)O)(CC2)CC4)CCC3)cnc1F)c1ccc2c(c1)OC(F)(F)O2. The van der Waals surface area contributed by atoms with Crippen LogP contribution in [0.15, 0.2) is 30.5 Å². The van der Waals surface area contributed by atoms with Gasteiger partial charge in [-0.2, -0.15) is 22.7 Å². The van der Waals surface area contributed by atoms with Crippen molar-refractivity contribution >= 4 is 5.97 Å². The van der Waals surface area contributed by atoms with Crippen LogP contribution in [0.4, 0.5) is 26.3 Å². The van der Waals surface area contributed by atoms with E-state index in [1.54, 1.807) is 0 Å². The second kappa shape index (κ2) is 10.5. The summed E-state index contributed by atoms with van der Waals surface area (Å²) in [5, 5.41) is 13.7. The summed E-state index contributed by atoms with van der Waals surface area (Å²) in [7, 11) is 0. The fourth-order valence-corrected chi connectivity index (χ4v) is 7.22. The molecule has 0 saturated heterocycles. The minimum absolute atomic E-state index is 0.00543. The fraction of sp³-hybridized carbons (Fsp3) is 0.516. The molecule has 0 spiro atoms. The van der Waals surface area contributed by atoms with Crippen molar-refractivity contribution in [3.8, 4) is 22.9 Å². The largest absolute Gasteiger partial charge is 0.586 e. The number of rotatable bonds is 7. The van der Waals surface area contributed by atoms with E-state index in [0.717, 1.165) is 10.9 Å². The predicted octanol–water partition coefficient (Wildman–Crippen LogP) is 7.46. The number of hydrogen-bond acceptors (Lipinski definition) is 7. The third-order valence-electron chi connectivity index (χ3n) is 9.75. The molecule has 2 aromatic heterocycles. The van der Waals surface area contributed by atoms with Crippen LogP contribution in [-0.2, 0) is 22.1 Å². The molecule has 3 saturated carbocycles. The lowest BCUT2D eigenvalue weighted by molar-refractivity contribution is -0.286. The Kier molecular flexibility index (Phi) is 7.00. The summed E-state index contributed by atoms with van der Waals surface area (Å²) in [5.41, 5.74) is -1.99.